The second-order valence-corrected chi connectivity index (χ2v) is 5.01. The number of carbonyl (C=O) groups is 2. The molecule has 2 N–H and O–H groups in total. The van der Waals surface area contributed by atoms with Crippen molar-refractivity contribution < 1.29 is 22.8 Å². The number of halogens is 3. The number of nitrogens with two attached hydrogens (primary N) is 1. The molecule has 0 bridgehead atoms. The standard InChI is InChI=1S/C13H11F3N2O2/c14-13(15,16)6-1-3-7(4-2-6)18-11(19)9-8(5-17)10(9)12(18)20/h1-4,8-10H,5,17H2. The summed E-state index contributed by atoms with van der Waals surface area (Å²) in [5.74, 6) is -1.63. The molecule has 4 nitrogen and oxygen atoms in total. The maximum Gasteiger partial charge on any atom is 0.416 e. The Morgan fingerprint density at radius 3 is 1.95 bits per heavy atom. The Labute approximate surface area is 112 Å². The summed E-state index contributed by atoms with van der Waals surface area (Å²) in [7, 11) is 0. The Balaban J connectivity index is 1.85. The normalized spacial score (nSPS) is 28.8. The molecule has 3 rings (SSSR count). The second-order valence-electron chi connectivity index (χ2n) is 5.01. The van der Waals surface area contributed by atoms with Crippen LogP contribution in [-0.2, 0) is 15.8 Å². The van der Waals surface area contributed by atoms with Crippen molar-refractivity contribution >= 4 is 17.5 Å². The largest absolute Gasteiger partial charge is 0.416 e. The first-order chi connectivity index (χ1) is 9.36. The van der Waals surface area contributed by atoms with Crippen molar-refractivity contribution in [2.45, 2.75) is 6.18 Å². The lowest BCUT2D eigenvalue weighted by Crippen LogP contribution is -2.35. The van der Waals surface area contributed by atoms with Crippen LogP contribution in [0.15, 0.2) is 24.3 Å². The van der Waals surface area contributed by atoms with Crippen molar-refractivity contribution in [1.29, 1.82) is 0 Å². The van der Waals surface area contributed by atoms with E-state index in [9.17, 15) is 22.8 Å². The molecule has 1 aliphatic carbocycles. The highest BCUT2D eigenvalue weighted by atomic mass is 19.4. The molecule has 2 amide bonds. The molecule has 1 heterocycles. The van der Waals surface area contributed by atoms with Crippen LogP contribution in [0.1, 0.15) is 5.56 Å². The van der Waals surface area contributed by atoms with Crippen molar-refractivity contribution in [2.75, 3.05) is 11.4 Å². The molecule has 2 unspecified atom stereocenters. The van der Waals surface area contributed by atoms with E-state index in [0.29, 0.717) is 0 Å². The number of nitrogens with zero attached hydrogens (tertiary/aromatic N) is 1. The van der Waals surface area contributed by atoms with E-state index in [4.69, 9.17) is 5.73 Å². The summed E-state index contributed by atoms with van der Waals surface area (Å²) in [5, 5.41) is 0. The summed E-state index contributed by atoms with van der Waals surface area (Å²) in [6.07, 6.45) is -4.44. The zero-order valence-electron chi connectivity index (χ0n) is 10.2. The molecule has 106 valence electrons. The predicted molar refractivity (Wildman–Crippen MR) is 63.5 cm³/mol. The number of anilines is 1. The molecule has 1 aromatic carbocycles. The van der Waals surface area contributed by atoms with Crippen LogP contribution in [0.5, 0.6) is 0 Å². The number of amides is 2. The number of hydrogen-bond donors (Lipinski definition) is 1. The van der Waals surface area contributed by atoms with Gasteiger partial charge >= 0.3 is 6.18 Å². The summed E-state index contributed by atoms with van der Waals surface area (Å²) in [6, 6.07) is 4.00. The van der Waals surface area contributed by atoms with E-state index < -0.39 is 23.6 Å². The molecule has 20 heavy (non-hydrogen) atoms. The first-order valence-electron chi connectivity index (χ1n) is 6.11. The van der Waals surface area contributed by atoms with E-state index >= 15 is 0 Å². The minimum atomic E-state index is -4.44. The molecule has 0 spiro atoms. The van der Waals surface area contributed by atoms with Crippen molar-refractivity contribution in [3.05, 3.63) is 29.8 Å². The topological polar surface area (TPSA) is 63.4 Å². The van der Waals surface area contributed by atoms with Gasteiger partial charge in [-0.3, -0.25) is 14.5 Å². The Morgan fingerprint density at radius 2 is 1.55 bits per heavy atom. The van der Waals surface area contributed by atoms with Gasteiger partial charge in [0.05, 0.1) is 23.1 Å². The molecule has 1 saturated carbocycles. The van der Waals surface area contributed by atoms with Crippen LogP contribution in [0, 0.1) is 17.8 Å². The molecule has 7 heteroatoms. The lowest BCUT2D eigenvalue weighted by atomic mass is 10.1. The summed E-state index contributed by atoms with van der Waals surface area (Å²) < 4.78 is 37.4. The van der Waals surface area contributed by atoms with Gasteiger partial charge in [0.25, 0.3) is 0 Å². The highest BCUT2D eigenvalue weighted by Gasteiger charge is 2.66. The third-order valence-corrected chi connectivity index (χ3v) is 3.90. The van der Waals surface area contributed by atoms with Crippen LogP contribution >= 0.6 is 0 Å². The fourth-order valence-electron chi connectivity index (χ4n) is 2.80. The highest BCUT2D eigenvalue weighted by Crippen LogP contribution is 2.53. The molecule has 1 aliphatic heterocycles. The fourth-order valence-corrected chi connectivity index (χ4v) is 2.80. The summed E-state index contributed by atoms with van der Waals surface area (Å²) in [6.45, 7) is 0.271. The number of rotatable bonds is 2. The average Bonchev–Trinajstić information content (AvgIpc) is 3.06. The van der Waals surface area contributed by atoms with Crippen LogP contribution in [0.2, 0.25) is 0 Å². The van der Waals surface area contributed by atoms with E-state index in [1.807, 2.05) is 0 Å². The monoisotopic (exact) mass is 284 g/mol. The van der Waals surface area contributed by atoms with Gasteiger partial charge in [0.2, 0.25) is 11.8 Å². The molecular weight excluding hydrogens is 273 g/mol. The van der Waals surface area contributed by atoms with Gasteiger partial charge in [-0.15, -0.1) is 0 Å². The van der Waals surface area contributed by atoms with Crippen LogP contribution < -0.4 is 10.6 Å². The zero-order chi connectivity index (χ0) is 14.7. The summed E-state index contributed by atoms with van der Waals surface area (Å²) in [5.41, 5.74) is 4.81. The smallest absolute Gasteiger partial charge is 0.330 e. The molecule has 2 fully saturated rings. The molecule has 0 aromatic heterocycles. The number of piperidine rings is 1. The van der Waals surface area contributed by atoms with E-state index in [-0.39, 0.29) is 30.0 Å². The lowest BCUT2D eigenvalue weighted by molar-refractivity contribution is -0.137. The number of imide groups is 1. The Bertz CT molecular complexity index is 560. The van der Waals surface area contributed by atoms with Gasteiger partial charge in [-0.05, 0) is 36.7 Å². The number of hydrogen-bond acceptors (Lipinski definition) is 3. The van der Waals surface area contributed by atoms with E-state index in [1.54, 1.807) is 0 Å². The third-order valence-electron chi connectivity index (χ3n) is 3.90. The van der Waals surface area contributed by atoms with Crippen molar-refractivity contribution in [2.24, 2.45) is 23.5 Å². The minimum absolute atomic E-state index is 0.110. The molecule has 0 radical (unpaired) electrons. The number of benzene rings is 1. The highest BCUT2D eigenvalue weighted by molar-refractivity contribution is 6.25. The molecular formula is C13H11F3N2O2. The van der Waals surface area contributed by atoms with Gasteiger partial charge in [-0.1, -0.05) is 0 Å². The average molecular weight is 284 g/mol. The number of alkyl halides is 3. The first-order valence-corrected chi connectivity index (χ1v) is 6.11. The van der Waals surface area contributed by atoms with E-state index in [1.165, 1.54) is 0 Å². The second kappa shape index (κ2) is 4.05. The lowest BCUT2D eigenvalue weighted by Gasteiger charge is -2.18. The molecule has 1 saturated heterocycles. The van der Waals surface area contributed by atoms with E-state index in [2.05, 4.69) is 0 Å². The summed E-state index contributed by atoms with van der Waals surface area (Å²) >= 11 is 0. The van der Waals surface area contributed by atoms with Crippen molar-refractivity contribution in [3.63, 3.8) is 0 Å². The number of carbonyl (C=O) groups excluding carboxylic acids is 2. The van der Waals surface area contributed by atoms with Crippen LogP contribution in [-0.4, -0.2) is 18.4 Å². The van der Waals surface area contributed by atoms with Gasteiger partial charge in [0, 0.05) is 0 Å². The molecule has 1 aromatic rings. The van der Waals surface area contributed by atoms with Crippen LogP contribution in [0.25, 0.3) is 0 Å². The third kappa shape index (κ3) is 1.73. The first kappa shape index (κ1) is 13.1. The zero-order valence-corrected chi connectivity index (χ0v) is 10.2. The maximum absolute atomic E-state index is 12.5. The van der Waals surface area contributed by atoms with Gasteiger partial charge in [0.1, 0.15) is 0 Å². The van der Waals surface area contributed by atoms with Gasteiger partial charge < -0.3 is 5.73 Å². The van der Waals surface area contributed by atoms with Crippen molar-refractivity contribution in [3.8, 4) is 0 Å². The van der Waals surface area contributed by atoms with Crippen LogP contribution in [0.3, 0.4) is 0 Å². The molecule has 2 aliphatic rings. The SMILES string of the molecule is NCC1C2C(=O)N(c3ccc(C(F)(F)F)cc3)C(=O)C12. The van der Waals surface area contributed by atoms with Gasteiger partial charge in [-0.2, -0.15) is 13.2 Å². The Hall–Kier alpha value is -1.89. The Morgan fingerprint density at radius 1 is 1.05 bits per heavy atom. The fraction of sp³-hybridized carbons (Fsp3) is 0.385. The minimum Gasteiger partial charge on any atom is -0.330 e. The maximum atomic E-state index is 12.5. The predicted octanol–water partition coefficient (Wildman–Crippen LogP) is 1.40. The van der Waals surface area contributed by atoms with Crippen molar-refractivity contribution in [1.82, 2.24) is 0 Å². The quantitative estimate of drug-likeness (QED) is 0.835. The van der Waals surface area contributed by atoms with Gasteiger partial charge in [-0.25, -0.2) is 0 Å². The van der Waals surface area contributed by atoms with E-state index in [0.717, 1.165) is 29.2 Å². The molecule has 2 atom stereocenters. The summed E-state index contributed by atoms with van der Waals surface area (Å²) in [4.78, 5) is 25.0. The number of fused-ring (bicyclic) bond motifs is 1. The Kier molecular flexibility index (Phi) is 2.66. The van der Waals surface area contributed by atoms with Gasteiger partial charge in [0.15, 0.2) is 0 Å². The van der Waals surface area contributed by atoms with Crippen LogP contribution in [0.4, 0.5) is 18.9 Å².